The summed E-state index contributed by atoms with van der Waals surface area (Å²) in [6, 6.07) is 8.65. The Morgan fingerprint density at radius 1 is 1.21 bits per heavy atom. The summed E-state index contributed by atoms with van der Waals surface area (Å²) in [5.41, 5.74) is 0.858. The predicted molar refractivity (Wildman–Crippen MR) is 110 cm³/mol. The van der Waals surface area contributed by atoms with Crippen molar-refractivity contribution in [2.45, 2.75) is 6.04 Å². The second-order valence-corrected chi connectivity index (χ2v) is 7.96. The van der Waals surface area contributed by atoms with E-state index in [9.17, 15) is 4.39 Å². The number of pyridine rings is 1. The zero-order valence-electron chi connectivity index (χ0n) is 14.8. The summed E-state index contributed by atoms with van der Waals surface area (Å²) in [7, 11) is 1.93. The highest BCUT2D eigenvalue weighted by molar-refractivity contribution is 7.11. The largest absolute Gasteiger partial charge is 0.358 e. The maximum Gasteiger partial charge on any atom is 0.176 e. The molecule has 0 spiro atoms. The molecule has 0 unspecified atom stereocenters. The molecule has 8 heteroatoms. The Hall–Kier alpha value is -2.35. The molecule has 0 amide bonds. The molecule has 142 valence electrons. The SMILES string of the molecule is CNC1CN(c2snc3c(F)c(-c4cccc5ccc(F)c(Cl)c45)ncc23)C1. The fourth-order valence-corrected chi connectivity index (χ4v) is 4.75. The maximum absolute atomic E-state index is 15.4. The van der Waals surface area contributed by atoms with Gasteiger partial charge in [0.2, 0.25) is 0 Å². The van der Waals surface area contributed by atoms with E-state index in [2.05, 4.69) is 19.6 Å². The van der Waals surface area contributed by atoms with E-state index >= 15 is 4.39 Å². The number of benzene rings is 2. The number of rotatable bonds is 3. The van der Waals surface area contributed by atoms with Crippen molar-refractivity contribution < 1.29 is 8.78 Å². The van der Waals surface area contributed by atoms with Crippen LogP contribution in [0.5, 0.6) is 0 Å². The molecular weight excluding hydrogens is 402 g/mol. The van der Waals surface area contributed by atoms with Gasteiger partial charge in [-0.15, -0.1) is 0 Å². The summed E-state index contributed by atoms with van der Waals surface area (Å²) in [6.07, 6.45) is 1.64. The summed E-state index contributed by atoms with van der Waals surface area (Å²) >= 11 is 7.47. The number of hydrogen-bond acceptors (Lipinski definition) is 5. The van der Waals surface area contributed by atoms with E-state index in [-0.39, 0.29) is 16.2 Å². The Kier molecular flexibility index (Phi) is 4.19. The quantitative estimate of drug-likeness (QED) is 0.518. The lowest BCUT2D eigenvalue weighted by Gasteiger charge is -2.39. The van der Waals surface area contributed by atoms with Crippen LogP contribution in [0.15, 0.2) is 36.5 Å². The van der Waals surface area contributed by atoms with Crippen LogP contribution < -0.4 is 10.2 Å². The third-order valence-corrected chi connectivity index (χ3v) is 6.51. The van der Waals surface area contributed by atoms with Crippen molar-refractivity contribution in [3.05, 3.63) is 53.2 Å². The van der Waals surface area contributed by atoms with Crippen LogP contribution in [0.3, 0.4) is 0 Å². The number of anilines is 1. The monoisotopic (exact) mass is 416 g/mol. The van der Waals surface area contributed by atoms with Crippen molar-refractivity contribution in [3.63, 3.8) is 0 Å². The predicted octanol–water partition coefficient (Wildman–Crippen LogP) is 4.85. The van der Waals surface area contributed by atoms with Gasteiger partial charge in [-0.3, -0.25) is 4.98 Å². The molecule has 0 saturated carbocycles. The smallest absolute Gasteiger partial charge is 0.176 e. The van der Waals surface area contributed by atoms with Gasteiger partial charge in [0.25, 0.3) is 0 Å². The van der Waals surface area contributed by atoms with Gasteiger partial charge in [0, 0.05) is 36.3 Å². The highest BCUT2D eigenvalue weighted by atomic mass is 35.5. The molecule has 3 heterocycles. The molecule has 5 rings (SSSR count). The average Bonchev–Trinajstić information content (AvgIpc) is 3.09. The Labute approximate surface area is 168 Å². The molecule has 1 aliphatic rings. The lowest BCUT2D eigenvalue weighted by atomic mass is 10.0. The lowest BCUT2D eigenvalue weighted by Crippen LogP contribution is -2.56. The Morgan fingerprint density at radius 3 is 2.82 bits per heavy atom. The molecule has 4 aromatic rings. The third kappa shape index (κ3) is 2.57. The van der Waals surface area contributed by atoms with E-state index in [0.29, 0.717) is 22.4 Å². The highest BCUT2D eigenvalue weighted by Gasteiger charge is 2.29. The van der Waals surface area contributed by atoms with Gasteiger partial charge in [0.1, 0.15) is 22.0 Å². The van der Waals surface area contributed by atoms with Crippen molar-refractivity contribution in [1.82, 2.24) is 14.7 Å². The van der Waals surface area contributed by atoms with Crippen LogP contribution in [-0.2, 0) is 0 Å². The van der Waals surface area contributed by atoms with Gasteiger partial charge in [-0.25, -0.2) is 8.78 Å². The molecule has 4 nitrogen and oxygen atoms in total. The molecule has 1 fully saturated rings. The molecule has 28 heavy (non-hydrogen) atoms. The summed E-state index contributed by atoms with van der Waals surface area (Å²) in [5.74, 6) is -1.06. The zero-order valence-corrected chi connectivity index (χ0v) is 16.4. The van der Waals surface area contributed by atoms with Crippen LogP contribution in [0.25, 0.3) is 32.9 Å². The normalized spacial score (nSPS) is 14.8. The highest BCUT2D eigenvalue weighted by Crippen LogP contribution is 2.40. The van der Waals surface area contributed by atoms with Crippen LogP contribution in [0.4, 0.5) is 13.8 Å². The molecule has 2 aromatic heterocycles. The van der Waals surface area contributed by atoms with Gasteiger partial charge in [0.15, 0.2) is 5.82 Å². The van der Waals surface area contributed by atoms with Crippen LogP contribution in [0.2, 0.25) is 5.02 Å². The van der Waals surface area contributed by atoms with Crippen molar-refractivity contribution in [1.29, 1.82) is 0 Å². The van der Waals surface area contributed by atoms with Crippen LogP contribution >= 0.6 is 23.1 Å². The van der Waals surface area contributed by atoms with Crippen molar-refractivity contribution in [3.8, 4) is 11.3 Å². The minimum atomic E-state index is -0.545. The molecule has 1 aliphatic heterocycles. The molecule has 1 N–H and O–H groups in total. The fraction of sp³-hybridized carbons (Fsp3) is 0.200. The van der Waals surface area contributed by atoms with Gasteiger partial charge in [-0.2, -0.15) is 4.37 Å². The summed E-state index contributed by atoms with van der Waals surface area (Å²) < 4.78 is 33.7. The van der Waals surface area contributed by atoms with Gasteiger partial charge < -0.3 is 10.2 Å². The van der Waals surface area contributed by atoms with E-state index in [1.54, 1.807) is 24.4 Å². The van der Waals surface area contributed by atoms with Crippen LogP contribution in [-0.4, -0.2) is 35.5 Å². The number of nitrogens with one attached hydrogen (secondary N) is 1. The van der Waals surface area contributed by atoms with Crippen molar-refractivity contribution in [2.24, 2.45) is 0 Å². The number of likely N-dealkylation sites (N-methyl/N-ethyl adjacent to an activating group) is 1. The van der Waals surface area contributed by atoms with Gasteiger partial charge in [-0.05, 0) is 30.0 Å². The standard InChI is InChI=1S/C20H15ClF2N4S/c1-24-11-8-27(9-11)20-13-7-25-18(17(23)19(13)26-28-20)12-4-2-3-10-5-6-14(22)16(21)15(10)12/h2-7,11,24H,8-9H2,1H3. The molecule has 0 bridgehead atoms. The van der Waals surface area contributed by atoms with Crippen LogP contribution in [0, 0.1) is 11.6 Å². The number of fused-ring (bicyclic) bond motifs is 2. The van der Waals surface area contributed by atoms with Crippen LogP contribution in [0.1, 0.15) is 0 Å². The van der Waals surface area contributed by atoms with Gasteiger partial charge in [-0.1, -0.05) is 35.9 Å². The molecule has 0 aliphatic carbocycles. The first-order chi connectivity index (χ1) is 13.6. The van der Waals surface area contributed by atoms with E-state index in [4.69, 9.17) is 11.6 Å². The molecule has 2 aromatic carbocycles. The first-order valence-electron chi connectivity index (χ1n) is 8.81. The maximum atomic E-state index is 15.4. The number of halogens is 3. The van der Waals surface area contributed by atoms with E-state index in [1.807, 2.05) is 13.1 Å². The van der Waals surface area contributed by atoms with Crippen molar-refractivity contribution >= 4 is 49.8 Å². The van der Waals surface area contributed by atoms with E-state index < -0.39 is 11.6 Å². The average molecular weight is 417 g/mol. The molecule has 0 atom stereocenters. The number of hydrogen-bond donors (Lipinski definition) is 1. The van der Waals surface area contributed by atoms with Gasteiger partial charge >= 0.3 is 0 Å². The molecule has 1 saturated heterocycles. The summed E-state index contributed by atoms with van der Waals surface area (Å²) in [5, 5.41) is 5.97. The van der Waals surface area contributed by atoms with Crippen molar-refractivity contribution in [2.75, 3.05) is 25.0 Å². The number of aromatic nitrogens is 2. The minimum Gasteiger partial charge on any atom is -0.358 e. The minimum absolute atomic E-state index is 0.0351. The first kappa shape index (κ1) is 17.7. The molecule has 0 radical (unpaired) electrons. The summed E-state index contributed by atoms with van der Waals surface area (Å²) in [6.45, 7) is 1.71. The summed E-state index contributed by atoms with van der Waals surface area (Å²) in [4.78, 5) is 6.54. The molecular formula is C20H15ClF2N4S. The lowest BCUT2D eigenvalue weighted by molar-refractivity contribution is 0.453. The topological polar surface area (TPSA) is 41.0 Å². The number of nitrogens with zero attached hydrogens (tertiary/aromatic N) is 3. The first-order valence-corrected chi connectivity index (χ1v) is 9.97. The third-order valence-electron chi connectivity index (χ3n) is 5.21. The Balaban J connectivity index is 1.66. The zero-order chi connectivity index (χ0) is 19.4. The second kappa shape index (κ2) is 6.62. The Morgan fingerprint density at radius 2 is 2.04 bits per heavy atom. The Bertz CT molecular complexity index is 1220. The second-order valence-electron chi connectivity index (χ2n) is 6.83. The fourth-order valence-electron chi connectivity index (χ4n) is 3.61. The van der Waals surface area contributed by atoms with Gasteiger partial charge in [0.05, 0.1) is 10.4 Å². The van der Waals surface area contributed by atoms with E-state index in [1.165, 1.54) is 17.6 Å². The van der Waals surface area contributed by atoms with E-state index in [0.717, 1.165) is 23.5 Å².